The van der Waals surface area contributed by atoms with Gasteiger partial charge < -0.3 is 15.7 Å². The van der Waals surface area contributed by atoms with E-state index in [1.807, 2.05) is 6.92 Å². The second kappa shape index (κ2) is 5.88. The van der Waals surface area contributed by atoms with Gasteiger partial charge in [-0.15, -0.1) is 0 Å². The Balaban J connectivity index is 2.09. The molecule has 6 heteroatoms. The zero-order valence-corrected chi connectivity index (χ0v) is 10.9. The van der Waals surface area contributed by atoms with Gasteiger partial charge in [0.15, 0.2) is 0 Å². The van der Waals surface area contributed by atoms with Crippen LogP contribution in [0.25, 0.3) is 0 Å². The third kappa shape index (κ3) is 3.14. The molecule has 0 aliphatic heterocycles. The number of hydrogen-bond donors (Lipinski definition) is 3. The number of para-hydroxylation sites is 1. The predicted molar refractivity (Wildman–Crippen MR) is 74.5 cm³/mol. The van der Waals surface area contributed by atoms with E-state index in [9.17, 15) is 15.2 Å². The van der Waals surface area contributed by atoms with Crippen LogP contribution in [0.4, 0.5) is 17.1 Å². The number of nitro groups is 1. The third-order valence-electron chi connectivity index (χ3n) is 3.38. The quantitative estimate of drug-likeness (QED) is 0.542. The summed E-state index contributed by atoms with van der Waals surface area (Å²) in [6.45, 7) is 3.20. The summed E-state index contributed by atoms with van der Waals surface area (Å²) in [5.41, 5.74) is 1.15. The summed E-state index contributed by atoms with van der Waals surface area (Å²) in [5, 5.41) is 26.5. The third-order valence-corrected chi connectivity index (χ3v) is 3.38. The second-order valence-electron chi connectivity index (χ2n) is 4.86. The van der Waals surface area contributed by atoms with Gasteiger partial charge in [0, 0.05) is 13.1 Å². The summed E-state index contributed by atoms with van der Waals surface area (Å²) >= 11 is 0. The molecule has 1 fully saturated rings. The van der Waals surface area contributed by atoms with E-state index < -0.39 is 0 Å². The molecule has 3 N–H and O–H groups in total. The van der Waals surface area contributed by atoms with E-state index in [1.54, 1.807) is 18.2 Å². The van der Waals surface area contributed by atoms with Crippen LogP contribution in [0.2, 0.25) is 0 Å². The number of aliphatic hydroxyl groups is 1. The maximum atomic E-state index is 11.2. The molecule has 2 rings (SSSR count). The van der Waals surface area contributed by atoms with E-state index in [4.69, 9.17) is 0 Å². The van der Waals surface area contributed by atoms with Gasteiger partial charge in [-0.1, -0.05) is 6.07 Å². The van der Waals surface area contributed by atoms with Crippen molar-refractivity contribution in [2.45, 2.75) is 25.9 Å². The molecule has 6 nitrogen and oxygen atoms in total. The van der Waals surface area contributed by atoms with E-state index in [1.165, 1.54) is 0 Å². The van der Waals surface area contributed by atoms with E-state index in [-0.39, 0.29) is 16.7 Å². The lowest BCUT2D eigenvalue weighted by molar-refractivity contribution is -0.383. The molecule has 0 heterocycles. The number of nitrogens with one attached hydrogen (secondary N) is 2. The van der Waals surface area contributed by atoms with Crippen molar-refractivity contribution in [1.82, 2.24) is 0 Å². The molecular formula is C13H19N3O3. The van der Waals surface area contributed by atoms with Crippen molar-refractivity contribution in [2.24, 2.45) is 5.92 Å². The summed E-state index contributed by atoms with van der Waals surface area (Å²) in [6, 6.07) is 5.22. The van der Waals surface area contributed by atoms with Crippen molar-refractivity contribution in [2.75, 3.05) is 23.7 Å². The number of benzene rings is 1. The van der Waals surface area contributed by atoms with Crippen LogP contribution in [0.3, 0.4) is 0 Å². The Kier molecular flexibility index (Phi) is 4.21. The first-order valence-corrected chi connectivity index (χ1v) is 6.55. The van der Waals surface area contributed by atoms with E-state index >= 15 is 0 Å². The molecule has 1 aromatic rings. The van der Waals surface area contributed by atoms with Crippen LogP contribution in [0, 0.1) is 16.0 Å². The van der Waals surface area contributed by atoms with Crippen molar-refractivity contribution in [3.8, 4) is 0 Å². The predicted octanol–water partition coefficient (Wildman–Crippen LogP) is 2.21. The Morgan fingerprint density at radius 2 is 2.00 bits per heavy atom. The van der Waals surface area contributed by atoms with E-state index in [2.05, 4.69) is 10.6 Å². The Hall–Kier alpha value is -1.82. The summed E-state index contributed by atoms with van der Waals surface area (Å²) < 4.78 is 0. The Bertz CT molecular complexity index is 458. The highest BCUT2D eigenvalue weighted by molar-refractivity contribution is 5.76. The van der Waals surface area contributed by atoms with Gasteiger partial charge >= 0.3 is 5.69 Å². The number of rotatable bonds is 6. The average molecular weight is 265 g/mol. The molecule has 1 aromatic carbocycles. The van der Waals surface area contributed by atoms with E-state index in [0.717, 1.165) is 12.8 Å². The van der Waals surface area contributed by atoms with Gasteiger partial charge in [0.1, 0.15) is 11.4 Å². The van der Waals surface area contributed by atoms with Crippen LogP contribution in [-0.2, 0) is 0 Å². The Labute approximate surface area is 112 Å². The topological polar surface area (TPSA) is 87.4 Å². The van der Waals surface area contributed by atoms with Crippen molar-refractivity contribution in [1.29, 1.82) is 0 Å². The number of nitrogens with zero attached hydrogens (tertiary/aromatic N) is 1. The van der Waals surface area contributed by atoms with E-state index in [0.29, 0.717) is 30.4 Å². The summed E-state index contributed by atoms with van der Waals surface area (Å²) in [7, 11) is 0. The Morgan fingerprint density at radius 1 is 1.37 bits per heavy atom. The zero-order valence-electron chi connectivity index (χ0n) is 10.9. The van der Waals surface area contributed by atoms with Crippen molar-refractivity contribution in [3.05, 3.63) is 28.3 Å². The minimum absolute atomic E-state index is 0.0872. The normalized spacial score (nSPS) is 21.6. The minimum atomic E-state index is -0.365. The Morgan fingerprint density at radius 3 is 2.53 bits per heavy atom. The van der Waals surface area contributed by atoms with Crippen LogP contribution in [-0.4, -0.2) is 29.2 Å². The van der Waals surface area contributed by atoms with Crippen molar-refractivity contribution < 1.29 is 10.0 Å². The smallest absolute Gasteiger partial charge is 0.315 e. The van der Waals surface area contributed by atoms with Crippen molar-refractivity contribution >= 4 is 17.1 Å². The molecular weight excluding hydrogens is 246 g/mol. The van der Waals surface area contributed by atoms with Crippen LogP contribution >= 0.6 is 0 Å². The molecule has 104 valence electrons. The maximum Gasteiger partial charge on any atom is 0.315 e. The lowest BCUT2D eigenvalue weighted by Crippen LogP contribution is -2.33. The van der Waals surface area contributed by atoms with Gasteiger partial charge in [0.05, 0.1) is 11.0 Å². The monoisotopic (exact) mass is 265 g/mol. The SMILES string of the molecule is CCNc1cccc(NCC2CC(O)C2)c1[N+](=O)[O-]. The van der Waals surface area contributed by atoms with Crippen LogP contribution in [0.15, 0.2) is 18.2 Å². The van der Waals surface area contributed by atoms with Gasteiger partial charge in [-0.05, 0) is 37.8 Å². The first-order chi connectivity index (χ1) is 9.11. The fraction of sp³-hybridized carbons (Fsp3) is 0.538. The van der Waals surface area contributed by atoms with Gasteiger partial charge in [-0.3, -0.25) is 10.1 Å². The molecule has 1 saturated carbocycles. The molecule has 0 spiro atoms. The lowest BCUT2D eigenvalue weighted by Gasteiger charge is -2.31. The summed E-state index contributed by atoms with van der Waals surface area (Å²) in [6.07, 6.45) is 1.34. The van der Waals surface area contributed by atoms with Crippen molar-refractivity contribution in [3.63, 3.8) is 0 Å². The molecule has 0 amide bonds. The largest absolute Gasteiger partial charge is 0.393 e. The van der Waals surface area contributed by atoms with Gasteiger partial charge in [0.2, 0.25) is 0 Å². The molecule has 19 heavy (non-hydrogen) atoms. The molecule has 0 saturated heterocycles. The molecule has 0 bridgehead atoms. The molecule has 0 unspecified atom stereocenters. The highest BCUT2D eigenvalue weighted by Crippen LogP contribution is 2.34. The lowest BCUT2D eigenvalue weighted by atomic mass is 9.82. The van der Waals surface area contributed by atoms with Crippen LogP contribution in [0.5, 0.6) is 0 Å². The fourth-order valence-corrected chi connectivity index (χ4v) is 2.34. The average Bonchev–Trinajstić information content (AvgIpc) is 2.33. The van der Waals surface area contributed by atoms with Gasteiger partial charge in [-0.25, -0.2) is 0 Å². The standard InChI is InChI=1S/C13H19N3O3/c1-2-14-11-4-3-5-12(13(11)16(18)19)15-8-9-6-10(17)7-9/h3-5,9-10,14-15,17H,2,6-8H2,1H3. The van der Waals surface area contributed by atoms with Gasteiger partial charge in [0.25, 0.3) is 0 Å². The summed E-state index contributed by atoms with van der Waals surface area (Å²) in [4.78, 5) is 10.8. The van der Waals surface area contributed by atoms with Crippen LogP contribution in [0.1, 0.15) is 19.8 Å². The number of anilines is 2. The first-order valence-electron chi connectivity index (χ1n) is 6.55. The number of aliphatic hydroxyl groups excluding tert-OH is 1. The number of nitro benzene ring substituents is 1. The molecule has 1 aliphatic rings. The first kappa shape index (κ1) is 13.6. The fourth-order valence-electron chi connectivity index (χ4n) is 2.34. The molecule has 1 aliphatic carbocycles. The molecule has 0 radical (unpaired) electrons. The zero-order chi connectivity index (χ0) is 13.8. The minimum Gasteiger partial charge on any atom is -0.393 e. The molecule has 0 aromatic heterocycles. The molecule has 0 atom stereocenters. The highest BCUT2D eigenvalue weighted by atomic mass is 16.6. The number of hydrogen-bond acceptors (Lipinski definition) is 5. The second-order valence-corrected chi connectivity index (χ2v) is 4.86. The highest BCUT2D eigenvalue weighted by Gasteiger charge is 2.27. The summed E-state index contributed by atoms with van der Waals surface area (Å²) in [5.74, 6) is 0.400. The maximum absolute atomic E-state index is 11.2. The van der Waals surface area contributed by atoms with Gasteiger partial charge in [-0.2, -0.15) is 0 Å². The van der Waals surface area contributed by atoms with Crippen LogP contribution < -0.4 is 10.6 Å².